The zero-order valence-corrected chi connectivity index (χ0v) is 28.8. The van der Waals surface area contributed by atoms with Gasteiger partial charge in [-0.1, -0.05) is 107 Å². The van der Waals surface area contributed by atoms with Crippen molar-refractivity contribution in [2.45, 2.75) is 27.7 Å². The van der Waals surface area contributed by atoms with Gasteiger partial charge in [0.05, 0.1) is 16.7 Å². The van der Waals surface area contributed by atoms with E-state index in [-0.39, 0.29) is 6.71 Å². The first-order valence-corrected chi connectivity index (χ1v) is 17.6. The average molecular weight is 642 g/mol. The van der Waals surface area contributed by atoms with Gasteiger partial charge in [0.2, 0.25) is 0 Å². The van der Waals surface area contributed by atoms with E-state index in [1.165, 1.54) is 83.2 Å². The Morgan fingerprint density at radius 3 is 1.26 bits per heavy atom. The van der Waals surface area contributed by atoms with E-state index >= 15 is 0 Å². The van der Waals surface area contributed by atoms with Gasteiger partial charge in [-0.15, -0.1) is 0 Å². The summed E-state index contributed by atoms with van der Waals surface area (Å²) in [6, 6.07) is 54.6. The molecule has 0 N–H and O–H groups in total. The third-order valence-corrected chi connectivity index (χ3v) is 10.8. The molecule has 3 nitrogen and oxygen atoms in total. The molecule has 0 amide bonds. The highest BCUT2D eigenvalue weighted by atomic mass is 15.2. The lowest BCUT2D eigenvalue weighted by Crippen LogP contribution is -2.61. The van der Waals surface area contributed by atoms with Gasteiger partial charge in [-0.2, -0.15) is 0 Å². The molecule has 1 aromatic heterocycles. The Balaban J connectivity index is 1.38. The van der Waals surface area contributed by atoms with Crippen molar-refractivity contribution < 1.29 is 0 Å². The van der Waals surface area contributed by atoms with Crippen molar-refractivity contribution in [2.24, 2.45) is 0 Å². The van der Waals surface area contributed by atoms with Gasteiger partial charge >= 0.3 is 0 Å². The number of aryl methyl sites for hydroxylation is 4. The molecule has 0 saturated heterocycles. The molecular formula is C46H36BN3. The monoisotopic (exact) mass is 641 g/mol. The van der Waals surface area contributed by atoms with Crippen LogP contribution >= 0.6 is 0 Å². The fourth-order valence-electron chi connectivity index (χ4n) is 8.50. The number of aromatic nitrogens is 1. The van der Waals surface area contributed by atoms with Crippen LogP contribution in [0.25, 0.3) is 27.5 Å². The number of anilines is 6. The summed E-state index contributed by atoms with van der Waals surface area (Å²) in [4.78, 5) is 5.02. The van der Waals surface area contributed by atoms with E-state index in [1.807, 2.05) is 0 Å². The molecule has 50 heavy (non-hydrogen) atoms. The Morgan fingerprint density at radius 1 is 0.380 bits per heavy atom. The fourth-order valence-corrected chi connectivity index (χ4v) is 8.50. The fraction of sp³-hybridized carbons (Fsp3) is 0.0870. The minimum absolute atomic E-state index is 0.0837. The molecule has 2 aliphatic heterocycles. The van der Waals surface area contributed by atoms with Gasteiger partial charge in [-0.3, -0.25) is 0 Å². The molecule has 4 heteroatoms. The summed E-state index contributed by atoms with van der Waals surface area (Å²) in [5, 5.41) is 2.53. The number of fused-ring (bicyclic) bond motifs is 7. The molecule has 0 atom stereocenters. The molecule has 3 heterocycles. The average Bonchev–Trinajstić information content (AvgIpc) is 3.47. The van der Waals surface area contributed by atoms with E-state index in [1.54, 1.807) is 0 Å². The van der Waals surface area contributed by atoms with Crippen LogP contribution in [0.15, 0.2) is 146 Å². The van der Waals surface area contributed by atoms with Crippen LogP contribution in [-0.4, -0.2) is 11.3 Å². The van der Waals surface area contributed by atoms with Gasteiger partial charge in [-0.25, -0.2) is 0 Å². The molecule has 2 aliphatic rings. The largest absolute Gasteiger partial charge is 0.311 e. The van der Waals surface area contributed by atoms with Gasteiger partial charge < -0.3 is 14.4 Å². The van der Waals surface area contributed by atoms with Crippen LogP contribution in [0.3, 0.4) is 0 Å². The van der Waals surface area contributed by atoms with Crippen LogP contribution in [0.4, 0.5) is 34.1 Å². The lowest BCUT2D eigenvalue weighted by Gasteiger charge is -2.44. The third-order valence-electron chi connectivity index (χ3n) is 10.8. The van der Waals surface area contributed by atoms with Gasteiger partial charge in [0.15, 0.2) is 0 Å². The highest BCUT2D eigenvalue weighted by molar-refractivity contribution is 7.00. The zero-order valence-electron chi connectivity index (χ0n) is 28.8. The van der Waals surface area contributed by atoms with Crippen molar-refractivity contribution in [1.29, 1.82) is 0 Å². The molecule has 7 aromatic carbocycles. The van der Waals surface area contributed by atoms with E-state index < -0.39 is 0 Å². The maximum absolute atomic E-state index is 2.51. The van der Waals surface area contributed by atoms with E-state index in [2.05, 4.69) is 188 Å². The molecule has 0 radical (unpaired) electrons. The predicted octanol–water partition coefficient (Wildman–Crippen LogP) is 10.1. The molecule has 0 unspecified atom stereocenters. The standard InChI is InChI=1S/C46H36BN3/c1-29-13-19-33(20-14-29)48-42-23-17-31(3)25-38(42)47-39-26-32(4)18-24-43(39)49(34-21-15-30(2)16-22-34)45-28-35(27-44(48)46(45)47)50-40-11-7-5-9-36(40)37-10-6-8-12-41(37)50/h5-28H,1-4H3. The second-order valence-corrected chi connectivity index (χ2v) is 14.2. The summed E-state index contributed by atoms with van der Waals surface area (Å²) >= 11 is 0. The molecule has 8 aromatic rings. The molecule has 0 saturated carbocycles. The Labute approximate surface area is 293 Å². The first-order chi connectivity index (χ1) is 24.4. The molecule has 0 spiro atoms. The number of hydrogen-bond acceptors (Lipinski definition) is 2. The van der Waals surface area contributed by atoms with Gasteiger partial charge in [0, 0.05) is 44.9 Å². The third kappa shape index (κ3) is 4.18. The molecule has 10 rings (SSSR count). The number of hydrogen-bond donors (Lipinski definition) is 0. The minimum Gasteiger partial charge on any atom is -0.311 e. The van der Waals surface area contributed by atoms with Crippen LogP contribution in [0.1, 0.15) is 22.3 Å². The van der Waals surface area contributed by atoms with E-state index in [0.717, 1.165) is 17.1 Å². The van der Waals surface area contributed by atoms with Crippen LogP contribution < -0.4 is 26.2 Å². The number of nitrogens with zero attached hydrogens (tertiary/aromatic N) is 3. The Kier molecular flexibility index (Phi) is 6.23. The van der Waals surface area contributed by atoms with Crippen molar-refractivity contribution in [3.63, 3.8) is 0 Å². The maximum Gasteiger partial charge on any atom is 0.252 e. The van der Waals surface area contributed by atoms with Crippen LogP contribution in [0.2, 0.25) is 0 Å². The van der Waals surface area contributed by atoms with Crippen molar-refractivity contribution in [3.05, 3.63) is 168 Å². The van der Waals surface area contributed by atoms with E-state index in [4.69, 9.17) is 0 Å². The number of rotatable bonds is 3. The van der Waals surface area contributed by atoms with Crippen molar-refractivity contribution in [1.82, 2.24) is 4.57 Å². The first kappa shape index (κ1) is 29.0. The Bertz CT molecular complexity index is 2470. The van der Waals surface area contributed by atoms with Gasteiger partial charge in [0.1, 0.15) is 0 Å². The van der Waals surface area contributed by atoms with Crippen molar-refractivity contribution in [3.8, 4) is 5.69 Å². The summed E-state index contributed by atoms with van der Waals surface area (Å²) in [7, 11) is 0. The minimum atomic E-state index is 0.0837. The van der Waals surface area contributed by atoms with Crippen LogP contribution in [-0.2, 0) is 0 Å². The van der Waals surface area contributed by atoms with Crippen molar-refractivity contribution in [2.75, 3.05) is 9.80 Å². The van der Waals surface area contributed by atoms with Crippen LogP contribution in [0, 0.1) is 27.7 Å². The summed E-state index contributed by atoms with van der Waals surface area (Å²) in [6.45, 7) is 8.85. The van der Waals surface area contributed by atoms with Gasteiger partial charge in [0.25, 0.3) is 6.71 Å². The quantitative estimate of drug-likeness (QED) is 0.178. The Hall–Kier alpha value is -6.00. The predicted molar refractivity (Wildman–Crippen MR) is 214 cm³/mol. The molecule has 0 bridgehead atoms. The smallest absolute Gasteiger partial charge is 0.252 e. The van der Waals surface area contributed by atoms with E-state index in [0.29, 0.717) is 0 Å². The number of para-hydroxylation sites is 2. The normalized spacial score (nSPS) is 13.1. The summed E-state index contributed by atoms with van der Waals surface area (Å²) < 4.78 is 2.46. The van der Waals surface area contributed by atoms with Crippen molar-refractivity contribution >= 4 is 79.0 Å². The second-order valence-electron chi connectivity index (χ2n) is 14.2. The van der Waals surface area contributed by atoms with Crippen LogP contribution in [0.5, 0.6) is 0 Å². The SMILES string of the molecule is Cc1ccc(N2c3ccc(C)cc3B3c4cc(C)ccc4N(c4ccc(C)cc4)c4cc(-n5c6ccccc6c6ccccc65)cc2c43)cc1. The maximum atomic E-state index is 2.51. The second kappa shape index (κ2) is 10.8. The lowest BCUT2D eigenvalue weighted by atomic mass is 9.33. The number of benzene rings is 7. The highest BCUT2D eigenvalue weighted by Crippen LogP contribution is 2.46. The lowest BCUT2D eigenvalue weighted by molar-refractivity contribution is 1.16. The zero-order chi connectivity index (χ0) is 33.7. The van der Waals surface area contributed by atoms with Gasteiger partial charge in [-0.05, 0) is 105 Å². The summed E-state index contributed by atoms with van der Waals surface area (Å²) in [5.74, 6) is 0. The first-order valence-electron chi connectivity index (χ1n) is 17.6. The molecule has 238 valence electrons. The summed E-state index contributed by atoms with van der Waals surface area (Å²) in [6.07, 6.45) is 0. The molecule has 0 fully saturated rings. The topological polar surface area (TPSA) is 11.4 Å². The molecular weight excluding hydrogens is 605 g/mol. The molecule has 0 aliphatic carbocycles. The summed E-state index contributed by atoms with van der Waals surface area (Å²) in [5.41, 5.74) is 19.9. The highest BCUT2D eigenvalue weighted by Gasteiger charge is 2.43. The Morgan fingerprint density at radius 2 is 0.800 bits per heavy atom. The van der Waals surface area contributed by atoms with E-state index in [9.17, 15) is 0 Å².